The summed E-state index contributed by atoms with van der Waals surface area (Å²) >= 11 is 0. The number of carbonyl (C=O) groups is 1. The molecule has 0 amide bonds. The summed E-state index contributed by atoms with van der Waals surface area (Å²) in [5.41, 5.74) is 0.932. The third kappa shape index (κ3) is 2.20. The number of carbonyl (C=O) groups excluding carboxylic acids is 1. The topological polar surface area (TPSA) is 78.0 Å². The van der Waals surface area contributed by atoms with E-state index in [1.165, 1.54) is 10.9 Å². The minimum Gasteiger partial charge on any atom is -0.358 e. The lowest BCUT2D eigenvalue weighted by Crippen LogP contribution is -2.04. The highest BCUT2D eigenvalue weighted by molar-refractivity contribution is 5.77. The maximum Gasteiger partial charge on any atom is 0.392 e. The first-order valence-electron chi connectivity index (χ1n) is 4.91. The van der Waals surface area contributed by atoms with Crippen LogP contribution in [0.2, 0.25) is 0 Å². The van der Waals surface area contributed by atoms with Gasteiger partial charge in [0.1, 0.15) is 0 Å². The molecule has 0 fully saturated rings. The van der Waals surface area contributed by atoms with Crippen molar-refractivity contribution in [3.63, 3.8) is 0 Å². The Bertz CT molecular complexity index is 548. The average Bonchev–Trinajstić information content (AvgIpc) is 2.73. The van der Waals surface area contributed by atoms with Crippen LogP contribution in [0.25, 0.3) is 0 Å². The van der Waals surface area contributed by atoms with Gasteiger partial charge in [0.25, 0.3) is 0 Å². The molecule has 1 aromatic carbocycles. The fourth-order valence-electron chi connectivity index (χ4n) is 1.55. The predicted octanol–water partition coefficient (Wildman–Crippen LogP) is 1.65. The monoisotopic (exact) mass is 231 g/mol. The van der Waals surface area contributed by atoms with Gasteiger partial charge in [-0.05, 0) is 15.5 Å². The van der Waals surface area contributed by atoms with Gasteiger partial charge >= 0.3 is 5.82 Å². The fourth-order valence-corrected chi connectivity index (χ4v) is 1.55. The number of benzene rings is 1. The Hall–Kier alpha value is -2.50. The average molecular weight is 231 g/mol. The molecule has 0 spiro atoms. The van der Waals surface area contributed by atoms with Gasteiger partial charge in [-0.2, -0.15) is 0 Å². The quantitative estimate of drug-likeness (QED) is 0.455. The molecule has 6 heteroatoms. The standard InChI is InChI=1S/C11H9N3O3/c15-7-10-11(14(16)17)12-8-13(10)6-9-4-2-1-3-5-9/h1-5,7-8H,6H2. The van der Waals surface area contributed by atoms with Crippen molar-refractivity contribution in [1.29, 1.82) is 0 Å². The van der Waals surface area contributed by atoms with Gasteiger partial charge < -0.3 is 10.1 Å². The SMILES string of the molecule is O=Cc1c([N+](=O)[O-])ncn1Cc1ccccc1. The molecule has 0 aliphatic heterocycles. The summed E-state index contributed by atoms with van der Waals surface area (Å²) in [6, 6.07) is 9.35. The van der Waals surface area contributed by atoms with E-state index in [1.54, 1.807) is 0 Å². The highest BCUT2D eigenvalue weighted by Gasteiger charge is 2.20. The molecule has 6 nitrogen and oxygen atoms in total. The van der Waals surface area contributed by atoms with E-state index in [1.807, 2.05) is 30.3 Å². The van der Waals surface area contributed by atoms with Crippen LogP contribution in [-0.2, 0) is 6.54 Å². The van der Waals surface area contributed by atoms with Crippen molar-refractivity contribution in [2.45, 2.75) is 6.54 Å². The number of aromatic nitrogens is 2. The van der Waals surface area contributed by atoms with Gasteiger partial charge in [0, 0.05) is 0 Å². The molecule has 0 atom stereocenters. The van der Waals surface area contributed by atoms with Crippen molar-refractivity contribution in [1.82, 2.24) is 9.55 Å². The molecule has 1 aromatic heterocycles. The zero-order chi connectivity index (χ0) is 12.3. The summed E-state index contributed by atoms with van der Waals surface area (Å²) in [6.45, 7) is 0.385. The van der Waals surface area contributed by atoms with Crippen LogP contribution >= 0.6 is 0 Å². The van der Waals surface area contributed by atoms with E-state index in [2.05, 4.69) is 4.98 Å². The van der Waals surface area contributed by atoms with Gasteiger partial charge in [-0.15, -0.1) is 0 Å². The first kappa shape index (κ1) is 11.0. The van der Waals surface area contributed by atoms with Crippen molar-refractivity contribution in [2.75, 3.05) is 0 Å². The van der Waals surface area contributed by atoms with Crippen molar-refractivity contribution in [3.05, 3.63) is 58.0 Å². The minimum absolute atomic E-state index is 0.0150. The molecular formula is C11H9N3O3. The molecule has 0 radical (unpaired) electrons. The molecule has 1 heterocycles. The molecule has 2 aromatic rings. The lowest BCUT2D eigenvalue weighted by atomic mass is 10.2. The molecule has 2 rings (SSSR count). The highest BCUT2D eigenvalue weighted by Crippen LogP contribution is 2.15. The first-order chi connectivity index (χ1) is 8.22. The normalized spacial score (nSPS) is 10.1. The van der Waals surface area contributed by atoms with E-state index in [0.29, 0.717) is 12.8 Å². The summed E-state index contributed by atoms with van der Waals surface area (Å²) in [6.07, 6.45) is 1.75. The van der Waals surface area contributed by atoms with Crippen LogP contribution in [-0.4, -0.2) is 20.8 Å². The predicted molar refractivity (Wildman–Crippen MR) is 59.8 cm³/mol. The van der Waals surface area contributed by atoms with E-state index in [-0.39, 0.29) is 5.69 Å². The lowest BCUT2D eigenvalue weighted by molar-refractivity contribution is -0.389. The zero-order valence-electron chi connectivity index (χ0n) is 8.81. The summed E-state index contributed by atoms with van der Waals surface area (Å²) in [5.74, 6) is -0.407. The minimum atomic E-state index is -0.661. The van der Waals surface area contributed by atoms with Crippen molar-refractivity contribution in [2.24, 2.45) is 0 Å². The Kier molecular flexibility index (Phi) is 2.95. The largest absolute Gasteiger partial charge is 0.392 e. The second kappa shape index (κ2) is 4.56. The summed E-state index contributed by atoms with van der Waals surface area (Å²) < 4.78 is 1.46. The lowest BCUT2D eigenvalue weighted by Gasteiger charge is -2.02. The molecule has 86 valence electrons. The van der Waals surface area contributed by atoms with Gasteiger partial charge in [-0.25, -0.2) is 0 Å². The number of imidazole rings is 1. The summed E-state index contributed by atoms with van der Waals surface area (Å²) in [7, 11) is 0. The maximum atomic E-state index is 10.8. The van der Waals surface area contributed by atoms with Crippen molar-refractivity contribution in [3.8, 4) is 0 Å². The summed E-state index contributed by atoms with van der Waals surface area (Å²) in [5, 5.41) is 10.6. The van der Waals surface area contributed by atoms with Crippen molar-refractivity contribution < 1.29 is 9.72 Å². The molecule has 0 aliphatic carbocycles. The maximum absolute atomic E-state index is 10.8. The van der Waals surface area contributed by atoms with Crippen LogP contribution in [0, 0.1) is 10.1 Å². The van der Waals surface area contributed by atoms with Crippen molar-refractivity contribution >= 4 is 12.1 Å². The summed E-state index contributed by atoms with van der Waals surface area (Å²) in [4.78, 5) is 24.4. The second-order valence-electron chi connectivity index (χ2n) is 3.44. The molecule has 0 bridgehead atoms. The number of nitrogens with zero attached hydrogens (tertiary/aromatic N) is 3. The number of hydrogen-bond donors (Lipinski definition) is 0. The van der Waals surface area contributed by atoms with E-state index in [9.17, 15) is 14.9 Å². The zero-order valence-corrected chi connectivity index (χ0v) is 8.81. The van der Waals surface area contributed by atoms with E-state index in [0.717, 1.165) is 5.56 Å². The van der Waals surface area contributed by atoms with Gasteiger partial charge in [0.15, 0.2) is 12.0 Å². The van der Waals surface area contributed by atoms with Gasteiger partial charge in [0.2, 0.25) is 6.33 Å². The van der Waals surface area contributed by atoms with Crippen LogP contribution in [0.3, 0.4) is 0 Å². The third-order valence-electron chi connectivity index (χ3n) is 2.34. The molecule has 0 unspecified atom stereocenters. The molecule has 17 heavy (non-hydrogen) atoms. The second-order valence-corrected chi connectivity index (χ2v) is 3.44. The molecule has 0 aliphatic rings. The Balaban J connectivity index is 2.34. The van der Waals surface area contributed by atoms with Gasteiger partial charge in [0.05, 0.1) is 6.54 Å². The van der Waals surface area contributed by atoms with E-state index in [4.69, 9.17) is 0 Å². The molecule has 0 saturated carbocycles. The number of hydrogen-bond acceptors (Lipinski definition) is 4. The smallest absolute Gasteiger partial charge is 0.358 e. The first-order valence-corrected chi connectivity index (χ1v) is 4.91. The van der Waals surface area contributed by atoms with Crippen LogP contribution in [0.1, 0.15) is 16.1 Å². The highest BCUT2D eigenvalue weighted by atomic mass is 16.6. The van der Waals surface area contributed by atoms with Crippen LogP contribution in [0.4, 0.5) is 5.82 Å². The Morgan fingerprint density at radius 1 is 1.35 bits per heavy atom. The third-order valence-corrected chi connectivity index (χ3v) is 2.34. The molecule has 0 saturated heterocycles. The van der Waals surface area contributed by atoms with E-state index < -0.39 is 10.7 Å². The number of aldehydes is 1. The number of rotatable bonds is 4. The molecule has 0 N–H and O–H groups in total. The van der Waals surface area contributed by atoms with Crippen LogP contribution < -0.4 is 0 Å². The van der Waals surface area contributed by atoms with Gasteiger partial charge in [-0.1, -0.05) is 30.3 Å². The molecular weight excluding hydrogens is 222 g/mol. The van der Waals surface area contributed by atoms with Crippen LogP contribution in [0.5, 0.6) is 0 Å². The number of nitro groups is 1. The Morgan fingerprint density at radius 3 is 2.65 bits per heavy atom. The van der Waals surface area contributed by atoms with E-state index >= 15 is 0 Å². The van der Waals surface area contributed by atoms with Crippen LogP contribution in [0.15, 0.2) is 36.7 Å². The Morgan fingerprint density at radius 2 is 2.06 bits per heavy atom. The Labute approximate surface area is 96.7 Å². The fraction of sp³-hybridized carbons (Fsp3) is 0.0909. The van der Waals surface area contributed by atoms with Gasteiger partial charge in [-0.3, -0.25) is 9.36 Å².